The molecule has 11 heteroatoms. The summed E-state index contributed by atoms with van der Waals surface area (Å²) in [5, 5.41) is 7.41. The van der Waals surface area contributed by atoms with Crippen molar-refractivity contribution < 1.29 is 23.0 Å². The summed E-state index contributed by atoms with van der Waals surface area (Å²) in [6.07, 6.45) is 1.35. The molecule has 0 aromatic heterocycles. The zero-order valence-corrected chi connectivity index (χ0v) is 19.2. The molecule has 2 aliphatic heterocycles. The zero-order valence-electron chi connectivity index (χ0n) is 18.4. The van der Waals surface area contributed by atoms with Crippen LogP contribution < -0.4 is 15.1 Å². The molecule has 1 amide bonds. The number of hydrogen-bond acceptors (Lipinski definition) is 7. The van der Waals surface area contributed by atoms with Gasteiger partial charge < -0.3 is 19.7 Å². The third-order valence-corrected chi connectivity index (χ3v) is 6.44. The van der Waals surface area contributed by atoms with Crippen molar-refractivity contribution in [3.05, 3.63) is 23.8 Å². The van der Waals surface area contributed by atoms with Gasteiger partial charge in [-0.2, -0.15) is 0 Å². The molecule has 8 nitrogen and oxygen atoms in total. The van der Waals surface area contributed by atoms with Crippen LogP contribution in [0.3, 0.4) is 0 Å². The fraction of sp³-hybridized carbons (Fsp3) is 0.619. The Morgan fingerprint density at radius 1 is 1.22 bits per heavy atom. The largest absolute Gasteiger partial charge is 0.474 e. The molecule has 1 aromatic carbocycles. The van der Waals surface area contributed by atoms with Crippen molar-refractivity contribution in [1.29, 1.82) is 0 Å². The summed E-state index contributed by atoms with van der Waals surface area (Å²) in [7, 11) is 3.45. The molecule has 0 radical (unpaired) electrons. The molecule has 1 atom stereocenters. The number of nitrogens with zero attached hydrogens (tertiary/aromatic N) is 4. The van der Waals surface area contributed by atoms with Gasteiger partial charge in [-0.25, -0.2) is 23.6 Å². The smallest absolute Gasteiger partial charge is 0.414 e. The fourth-order valence-electron chi connectivity index (χ4n) is 4.10. The Balaban J connectivity index is 1.44. The molecular formula is C21H29F2N5O3S. The lowest BCUT2D eigenvalue weighted by Crippen LogP contribution is -2.41. The first-order valence-electron chi connectivity index (χ1n) is 10.9. The number of hydrogen-bond donors (Lipinski definition) is 1. The van der Waals surface area contributed by atoms with E-state index < -0.39 is 23.8 Å². The SMILES string of the molecule is COC(=S)NC[C@H]1CN(c2cc(F)c(N3CCN(C)N(CC4CC4)CC3)c(F)c2)C(=O)O1. The number of amides is 1. The van der Waals surface area contributed by atoms with Crippen LogP contribution in [-0.2, 0) is 9.47 Å². The molecule has 0 bridgehead atoms. The van der Waals surface area contributed by atoms with Crippen molar-refractivity contribution in [2.75, 3.05) is 69.8 Å². The Hall–Kier alpha value is -2.24. The van der Waals surface area contributed by atoms with Gasteiger partial charge in [-0.3, -0.25) is 4.90 Å². The van der Waals surface area contributed by atoms with Gasteiger partial charge in [0.2, 0.25) is 0 Å². The standard InChI is InChI=1S/C21H29F2N5O3S/c1-25-5-6-26(7-8-27(25)12-14-3-4-14)19-17(22)9-15(10-18(19)23)28-13-16(31-21(28)29)11-24-20(32)30-2/h9-10,14,16H,3-8,11-13H2,1-2H3,(H,24,32)/t16-/m0/s1. The van der Waals surface area contributed by atoms with Gasteiger partial charge in [0.15, 0.2) is 11.6 Å². The highest BCUT2D eigenvalue weighted by Gasteiger charge is 2.34. The molecule has 2 saturated heterocycles. The first-order chi connectivity index (χ1) is 15.4. The quantitative estimate of drug-likeness (QED) is 0.637. The minimum atomic E-state index is -0.687. The van der Waals surface area contributed by atoms with Crippen LogP contribution in [0.5, 0.6) is 0 Å². The number of ether oxygens (including phenoxy) is 2. The molecule has 176 valence electrons. The van der Waals surface area contributed by atoms with Crippen LogP contribution in [0.4, 0.5) is 25.0 Å². The van der Waals surface area contributed by atoms with Crippen LogP contribution in [0.2, 0.25) is 0 Å². The van der Waals surface area contributed by atoms with Crippen LogP contribution in [0.15, 0.2) is 12.1 Å². The zero-order chi connectivity index (χ0) is 22.8. The minimum absolute atomic E-state index is 0.0494. The maximum atomic E-state index is 15.1. The van der Waals surface area contributed by atoms with E-state index in [0.717, 1.165) is 12.5 Å². The number of halogens is 2. The molecule has 1 aliphatic carbocycles. The average molecular weight is 470 g/mol. The molecule has 1 saturated carbocycles. The lowest BCUT2D eigenvalue weighted by Gasteiger charge is -2.29. The lowest BCUT2D eigenvalue weighted by molar-refractivity contribution is 0.00985. The van der Waals surface area contributed by atoms with Crippen molar-refractivity contribution in [3.8, 4) is 0 Å². The second-order valence-corrected chi connectivity index (χ2v) is 8.84. The van der Waals surface area contributed by atoms with E-state index in [-0.39, 0.29) is 29.6 Å². The Morgan fingerprint density at radius 2 is 1.91 bits per heavy atom. The Labute approximate surface area is 192 Å². The fourth-order valence-corrected chi connectivity index (χ4v) is 4.18. The van der Waals surface area contributed by atoms with E-state index in [1.807, 2.05) is 7.05 Å². The van der Waals surface area contributed by atoms with Gasteiger partial charge in [-0.15, -0.1) is 0 Å². The minimum Gasteiger partial charge on any atom is -0.474 e. The highest BCUT2D eigenvalue weighted by molar-refractivity contribution is 7.80. The molecule has 3 aliphatic rings. The van der Waals surface area contributed by atoms with Gasteiger partial charge in [0.25, 0.3) is 5.17 Å². The summed E-state index contributed by atoms with van der Waals surface area (Å²) in [6.45, 7) is 3.84. The van der Waals surface area contributed by atoms with E-state index in [1.165, 1.54) is 37.0 Å². The highest BCUT2D eigenvalue weighted by atomic mass is 32.1. The van der Waals surface area contributed by atoms with E-state index in [2.05, 4.69) is 15.3 Å². The first-order valence-corrected chi connectivity index (χ1v) is 11.3. The molecule has 0 spiro atoms. The molecule has 1 aromatic rings. The molecular weight excluding hydrogens is 440 g/mol. The molecule has 3 fully saturated rings. The summed E-state index contributed by atoms with van der Waals surface area (Å²) >= 11 is 4.90. The van der Waals surface area contributed by atoms with Crippen molar-refractivity contribution in [2.45, 2.75) is 18.9 Å². The summed E-state index contributed by atoms with van der Waals surface area (Å²) in [5.74, 6) is -0.637. The molecule has 2 heterocycles. The van der Waals surface area contributed by atoms with Crippen molar-refractivity contribution in [3.63, 3.8) is 0 Å². The second-order valence-electron chi connectivity index (χ2n) is 8.47. The number of methoxy groups -OCH3 is 1. The summed E-state index contributed by atoms with van der Waals surface area (Å²) < 4.78 is 40.3. The number of thiocarbonyl (C=S) groups is 1. The van der Waals surface area contributed by atoms with Crippen LogP contribution >= 0.6 is 12.2 Å². The van der Waals surface area contributed by atoms with Crippen molar-refractivity contribution in [1.82, 2.24) is 15.3 Å². The maximum Gasteiger partial charge on any atom is 0.414 e. The van der Waals surface area contributed by atoms with Crippen LogP contribution in [0.25, 0.3) is 0 Å². The maximum absolute atomic E-state index is 15.1. The number of rotatable bonds is 6. The Morgan fingerprint density at radius 3 is 2.56 bits per heavy atom. The Bertz CT molecular complexity index is 849. The molecule has 1 N–H and O–H groups in total. The number of cyclic esters (lactones) is 1. The van der Waals surface area contributed by atoms with Crippen LogP contribution in [0, 0.1) is 17.6 Å². The van der Waals surface area contributed by atoms with E-state index in [1.54, 1.807) is 4.90 Å². The van der Waals surface area contributed by atoms with Gasteiger partial charge in [0.1, 0.15) is 11.8 Å². The first kappa shape index (κ1) is 22.9. The Kier molecular flexibility index (Phi) is 6.96. The number of hydrazine groups is 1. The number of carbonyl (C=O) groups is 1. The van der Waals surface area contributed by atoms with E-state index in [0.29, 0.717) is 26.2 Å². The third kappa shape index (κ3) is 5.21. The predicted molar refractivity (Wildman–Crippen MR) is 121 cm³/mol. The normalized spacial score (nSPS) is 22.6. The summed E-state index contributed by atoms with van der Waals surface area (Å²) in [4.78, 5) is 15.2. The van der Waals surface area contributed by atoms with Gasteiger partial charge in [0, 0.05) is 51.9 Å². The van der Waals surface area contributed by atoms with Crippen LogP contribution in [0.1, 0.15) is 12.8 Å². The number of likely N-dealkylation sites (N-methyl/N-ethyl adjacent to an activating group) is 1. The summed E-state index contributed by atoms with van der Waals surface area (Å²) in [6, 6.07) is 2.40. The topological polar surface area (TPSA) is 60.5 Å². The lowest BCUT2D eigenvalue weighted by atomic mass is 10.2. The average Bonchev–Trinajstić information content (AvgIpc) is 3.53. The summed E-state index contributed by atoms with van der Waals surface area (Å²) in [5.41, 5.74) is 0.0829. The van der Waals surface area contributed by atoms with E-state index >= 15 is 8.78 Å². The number of nitrogens with one attached hydrogen (secondary N) is 1. The molecule has 32 heavy (non-hydrogen) atoms. The van der Waals surface area contributed by atoms with Gasteiger partial charge in [-0.05, 0) is 31.0 Å². The van der Waals surface area contributed by atoms with Gasteiger partial charge >= 0.3 is 6.09 Å². The van der Waals surface area contributed by atoms with Crippen molar-refractivity contribution >= 4 is 34.9 Å². The predicted octanol–water partition coefficient (Wildman–Crippen LogP) is 2.19. The van der Waals surface area contributed by atoms with E-state index in [9.17, 15) is 4.79 Å². The number of anilines is 2. The van der Waals surface area contributed by atoms with Crippen LogP contribution in [-0.4, -0.2) is 87.4 Å². The van der Waals surface area contributed by atoms with Gasteiger partial charge in [-0.1, -0.05) is 0 Å². The van der Waals surface area contributed by atoms with E-state index in [4.69, 9.17) is 21.7 Å². The number of benzene rings is 1. The monoisotopic (exact) mass is 469 g/mol. The molecule has 0 unspecified atom stereocenters. The molecule has 4 rings (SSSR count). The van der Waals surface area contributed by atoms with Crippen molar-refractivity contribution in [2.24, 2.45) is 5.92 Å². The second kappa shape index (κ2) is 9.72. The third-order valence-electron chi connectivity index (χ3n) is 6.13. The number of carbonyl (C=O) groups excluding carboxylic acids is 1. The highest BCUT2D eigenvalue weighted by Crippen LogP contribution is 2.33. The van der Waals surface area contributed by atoms with Gasteiger partial charge in [0.05, 0.1) is 25.9 Å².